The van der Waals surface area contributed by atoms with E-state index in [1.165, 1.54) is 19.2 Å². The van der Waals surface area contributed by atoms with Crippen molar-refractivity contribution in [3.63, 3.8) is 0 Å². The predicted octanol–water partition coefficient (Wildman–Crippen LogP) is 2.69. The molecule has 0 saturated heterocycles. The summed E-state index contributed by atoms with van der Waals surface area (Å²) >= 11 is 6.23. The molecule has 0 aromatic carbocycles. The summed E-state index contributed by atoms with van der Waals surface area (Å²) in [6, 6.07) is 1.82. The zero-order valence-corrected chi connectivity index (χ0v) is 10.8. The van der Waals surface area contributed by atoms with Gasteiger partial charge in [-0.3, -0.25) is 0 Å². The average molecular weight is 256 g/mol. The monoisotopic (exact) mass is 255 g/mol. The van der Waals surface area contributed by atoms with E-state index >= 15 is 0 Å². The summed E-state index contributed by atoms with van der Waals surface area (Å²) in [5.41, 5.74) is 0. The molecule has 1 saturated carbocycles. The predicted molar refractivity (Wildman–Crippen MR) is 68.7 cm³/mol. The van der Waals surface area contributed by atoms with E-state index in [4.69, 9.17) is 16.3 Å². The van der Waals surface area contributed by atoms with Gasteiger partial charge in [-0.25, -0.2) is 9.97 Å². The van der Waals surface area contributed by atoms with E-state index in [9.17, 15) is 0 Å². The molecule has 2 atom stereocenters. The highest BCUT2D eigenvalue weighted by Crippen LogP contribution is 2.30. The van der Waals surface area contributed by atoms with Crippen LogP contribution >= 0.6 is 11.6 Å². The van der Waals surface area contributed by atoms with Gasteiger partial charge in [0.25, 0.3) is 0 Å². The third-order valence-electron chi connectivity index (χ3n) is 3.05. The molecule has 2 rings (SSSR count). The standard InChI is InChI=1S/C12H18ClN3O/c1-2-17-12-6-11(15-8-16-12)14-7-9-4-3-5-10(9)13/h6,8-10H,2-5,7H2,1H3,(H,14,15,16). The van der Waals surface area contributed by atoms with Gasteiger partial charge >= 0.3 is 0 Å². The zero-order valence-electron chi connectivity index (χ0n) is 10.0. The molecule has 94 valence electrons. The number of anilines is 1. The minimum Gasteiger partial charge on any atom is -0.478 e. The molecule has 4 nitrogen and oxygen atoms in total. The number of halogens is 1. The lowest BCUT2D eigenvalue weighted by atomic mass is 10.1. The normalized spacial score (nSPS) is 23.6. The third kappa shape index (κ3) is 3.46. The molecule has 1 fully saturated rings. The Balaban J connectivity index is 1.87. The molecule has 0 spiro atoms. The molecule has 1 aromatic rings. The molecule has 2 unspecified atom stereocenters. The van der Waals surface area contributed by atoms with Gasteiger partial charge in [0.1, 0.15) is 12.1 Å². The second-order valence-corrected chi connectivity index (χ2v) is 4.82. The van der Waals surface area contributed by atoms with E-state index in [1.807, 2.05) is 13.0 Å². The highest BCUT2D eigenvalue weighted by atomic mass is 35.5. The summed E-state index contributed by atoms with van der Waals surface area (Å²) in [5, 5.41) is 3.60. The van der Waals surface area contributed by atoms with Crippen molar-refractivity contribution in [2.75, 3.05) is 18.5 Å². The molecule has 1 aromatic heterocycles. The van der Waals surface area contributed by atoms with Gasteiger partial charge in [0, 0.05) is 18.0 Å². The van der Waals surface area contributed by atoms with Crippen molar-refractivity contribution in [3.05, 3.63) is 12.4 Å². The number of alkyl halides is 1. The summed E-state index contributed by atoms with van der Waals surface area (Å²) in [6.45, 7) is 3.42. The van der Waals surface area contributed by atoms with Gasteiger partial charge in [-0.2, -0.15) is 0 Å². The van der Waals surface area contributed by atoms with Crippen LogP contribution in [0, 0.1) is 5.92 Å². The SMILES string of the molecule is CCOc1cc(NCC2CCCC2Cl)ncn1. The highest BCUT2D eigenvalue weighted by molar-refractivity contribution is 6.20. The Labute approximate surface area is 107 Å². The number of hydrogen-bond acceptors (Lipinski definition) is 4. The van der Waals surface area contributed by atoms with Gasteiger partial charge < -0.3 is 10.1 Å². The zero-order chi connectivity index (χ0) is 12.1. The molecule has 1 aliphatic rings. The van der Waals surface area contributed by atoms with Crippen LogP contribution in [0.3, 0.4) is 0 Å². The largest absolute Gasteiger partial charge is 0.478 e. The third-order valence-corrected chi connectivity index (χ3v) is 3.62. The first-order valence-electron chi connectivity index (χ1n) is 6.12. The Morgan fingerprint density at radius 2 is 2.35 bits per heavy atom. The molecule has 1 heterocycles. The van der Waals surface area contributed by atoms with Crippen LogP contribution in [-0.4, -0.2) is 28.5 Å². The number of nitrogens with one attached hydrogen (secondary N) is 1. The minimum absolute atomic E-state index is 0.302. The van der Waals surface area contributed by atoms with Gasteiger partial charge in [-0.05, 0) is 25.7 Å². The molecule has 1 N–H and O–H groups in total. The van der Waals surface area contributed by atoms with Crippen molar-refractivity contribution < 1.29 is 4.74 Å². The van der Waals surface area contributed by atoms with Gasteiger partial charge in [-0.1, -0.05) is 6.42 Å². The lowest BCUT2D eigenvalue weighted by molar-refractivity contribution is 0.326. The van der Waals surface area contributed by atoms with Gasteiger partial charge in [-0.15, -0.1) is 11.6 Å². The average Bonchev–Trinajstić information content (AvgIpc) is 2.73. The Bertz CT molecular complexity index is 361. The van der Waals surface area contributed by atoms with Crippen LogP contribution in [-0.2, 0) is 0 Å². The number of aromatic nitrogens is 2. The van der Waals surface area contributed by atoms with Gasteiger partial charge in [0.15, 0.2) is 0 Å². The molecule has 5 heteroatoms. The maximum Gasteiger partial charge on any atom is 0.218 e. The second kappa shape index (κ2) is 6.05. The van der Waals surface area contributed by atoms with E-state index in [0.717, 1.165) is 18.8 Å². The van der Waals surface area contributed by atoms with Crippen molar-refractivity contribution in [2.24, 2.45) is 5.92 Å². The first kappa shape index (κ1) is 12.4. The summed E-state index contributed by atoms with van der Waals surface area (Å²) in [7, 11) is 0. The quantitative estimate of drug-likeness (QED) is 0.822. The number of hydrogen-bond donors (Lipinski definition) is 1. The maximum atomic E-state index is 6.23. The molecule has 17 heavy (non-hydrogen) atoms. The molecular formula is C12H18ClN3O. The maximum absolute atomic E-state index is 6.23. The second-order valence-electron chi connectivity index (χ2n) is 4.26. The lowest BCUT2D eigenvalue weighted by Crippen LogP contribution is -2.18. The first-order valence-corrected chi connectivity index (χ1v) is 6.56. The van der Waals surface area contributed by atoms with Crippen molar-refractivity contribution in [1.82, 2.24) is 9.97 Å². The fourth-order valence-corrected chi connectivity index (χ4v) is 2.49. The van der Waals surface area contributed by atoms with E-state index in [0.29, 0.717) is 23.8 Å². The van der Waals surface area contributed by atoms with Crippen LogP contribution in [0.1, 0.15) is 26.2 Å². The summed E-state index contributed by atoms with van der Waals surface area (Å²) < 4.78 is 5.32. The van der Waals surface area contributed by atoms with Crippen LogP contribution in [0.5, 0.6) is 5.88 Å². The molecule has 0 radical (unpaired) electrons. The summed E-state index contributed by atoms with van der Waals surface area (Å²) in [5.74, 6) is 1.96. The van der Waals surface area contributed by atoms with Gasteiger partial charge in [0.2, 0.25) is 5.88 Å². The Kier molecular flexibility index (Phi) is 4.42. The fourth-order valence-electron chi connectivity index (χ4n) is 2.12. The van der Waals surface area contributed by atoms with Crippen LogP contribution in [0.4, 0.5) is 5.82 Å². The van der Waals surface area contributed by atoms with Crippen molar-refractivity contribution in [3.8, 4) is 5.88 Å². The Hall–Kier alpha value is -1.03. The summed E-state index contributed by atoms with van der Waals surface area (Å²) in [4.78, 5) is 8.19. The topological polar surface area (TPSA) is 47.0 Å². The molecule has 1 aliphatic carbocycles. The van der Waals surface area contributed by atoms with Gasteiger partial charge in [0.05, 0.1) is 6.61 Å². The van der Waals surface area contributed by atoms with E-state index in [-0.39, 0.29) is 0 Å². The minimum atomic E-state index is 0.302. The van der Waals surface area contributed by atoms with Crippen LogP contribution < -0.4 is 10.1 Å². The smallest absolute Gasteiger partial charge is 0.218 e. The molecule has 0 bridgehead atoms. The number of rotatable bonds is 5. The van der Waals surface area contributed by atoms with Crippen LogP contribution in [0.2, 0.25) is 0 Å². The Morgan fingerprint density at radius 3 is 3.06 bits per heavy atom. The Morgan fingerprint density at radius 1 is 1.47 bits per heavy atom. The summed E-state index contributed by atoms with van der Waals surface area (Å²) in [6.07, 6.45) is 5.07. The van der Waals surface area contributed by atoms with Crippen molar-refractivity contribution >= 4 is 17.4 Å². The molecular weight excluding hydrogens is 238 g/mol. The van der Waals surface area contributed by atoms with Crippen LogP contribution in [0.25, 0.3) is 0 Å². The highest BCUT2D eigenvalue weighted by Gasteiger charge is 2.24. The lowest BCUT2D eigenvalue weighted by Gasteiger charge is -2.14. The van der Waals surface area contributed by atoms with Crippen molar-refractivity contribution in [2.45, 2.75) is 31.6 Å². The number of ether oxygens (including phenoxy) is 1. The molecule has 0 amide bonds. The number of nitrogens with zero attached hydrogens (tertiary/aromatic N) is 2. The first-order chi connectivity index (χ1) is 8.29. The van der Waals surface area contributed by atoms with E-state index in [1.54, 1.807) is 0 Å². The van der Waals surface area contributed by atoms with E-state index in [2.05, 4.69) is 15.3 Å². The fraction of sp³-hybridized carbons (Fsp3) is 0.667. The molecule has 0 aliphatic heterocycles. The van der Waals surface area contributed by atoms with Crippen molar-refractivity contribution in [1.29, 1.82) is 0 Å². The van der Waals surface area contributed by atoms with E-state index < -0.39 is 0 Å². The van der Waals surface area contributed by atoms with Crippen LogP contribution in [0.15, 0.2) is 12.4 Å².